The van der Waals surface area contributed by atoms with E-state index in [2.05, 4.69) is 19.9 Å². The number of fused-ring (bicyclic) bond motifs is 1. The normalized spacial score (nSPS) is 17.1. The maximum absolute atomic E-state index is 13.3. The van der Waals surface area contributed by atoms with Crippen LogP contribution in [0.4, 0.5) is 0 Å². The van der Waals surface area contributed by atoms with E-state index in [1.54, 1.807) is 16.3 Å². The van der Waals surface area contributed by atoms with Crippen LogP contribution in [0.3, 0.4) is 0 Å². The molecular weight excluding hydrogens is 344 g/mol. The van der Waals surface area contributed by atoms with Gasteiger partial charge in [-0.1, -0.05) is 36.0 Å². The lowest BCUT2D eigenvalue weighted by Gasteiger charge is -2.17. The first-order chi connectivity index (χ1) is 12.6. The van der Waals surface area contributed by atoms with Gasteiger partial charge in [0.15, 0.2) is 5.16 Å². The second kappa shape index (κ2) is 7.25. The zero-order valence-electron chi connectivity index (χ0n) is 15.1. The summed E-state index contributed by atoms with van der Waals surface area (Å²) >= 11 is 1.65. The molecule has 1 fully saturated rings. The Kier molecular flexibility index (Phi) is 4.83. The smallest absolute Gasteiger partial charge is 0.266 e. The number of para-hydroxylation sites is 1. The minimum atomic E-state index is -0.00512. The average Bonchev–Trinajstić information content (AvgIpc) is 3.17. The van der Waals surface area contributed by atoms with Crippen LogP contribution >= 0.6 is 11.8 Å². The highest BCUT2D eigenvalue weighted by molar-refractivity contribution is 7.99. The predicted molar refractivity (Wildman–Crippen MR) is 106 cm³/mol. The van der Waals surface area contributed by atoms with E-state index >= 15 is 0 Å². The molecule has 1 aliphatic heterocycles. The number of benzene rings is 2. The Morgan fingerprint density at radius 2 is 2.04 bits per heavy atom. The molecule has 0 unspecified atom stereocenters. The van der Waals surface area contributed by atoms with Crippen LogP contribution in [0.5, 0.6) is 0 Å². The van der Waals surface area contributed by atoms with Gasteiger partial charge in [0.2, 0.25) is 0 Å². The minimum absolute atomic E-state index is 0.00512. The van der Waals surface area contributed by atoms with E-state index in [0.29, 0.717) is 11.3 Å². The Hall–Kier alpha value is -2.11. The first kappa shape index (κ1) is 17.3. The third-order valence-corrected chi connectivity index (χ3v) is 6.20. The molecule has 0 spiro atoms. The Balaban J connectivity index is 1.87. The molecule has 0 amide bonds. The van der Waals surface area contributed by atoms with Crippen LogP contribution in [0.2, 0.25) is 0 Å². The van der Waals surface area contributed by atoms with E-state index in [1.807, 2.05) is 36.4 Å². The van der Waals surface area contributed by atoms with Gasteiger partial charge >= 0.3 is 0 Å². The number of aryl methyl sites for hydroxylation is 1. The molecule has 0 radical (unpaired) electrons. The van der Waals surface area contributed by atoms with Gasteiger partial charge in [-0.15, -0.1) is 0 Å². The lowest BCUT2D eigenvalue weighted by molar-refractivity contribution is 0.189. The quantitative estimate of drug-likeness (QED) is 0.514. The van der Waals surface area contributed by atoms with Crippen molar-refractivity contribution in [3.63, 3.8) is 0 Å². The molecule has 1 aliphatic rings. The molecule has 26 heavy (non-hydrogen) atoms. The van der Waals surface area contributed by atoms with Crippen molar-refractivity contribution in [1.29, 1.82) is 0 Å². The molecule has 2 heterocycles. The van der Waals surface area contributed by atoms with Crippen molar-refractivity contribution in [2.45, 2.75) is 25.4 Å². The van der Waals surface area contributed by atoms with Crippen LogP contribution in [0.1, 0.15) is 17.5 Å². The number of thioether (sulfide) groups is 1. The van der Waals surface area contributed by atoms with Crippen molar-refractivity contribution in [3.8, 4) is 5.69 Å². The molecule has 0 saturated carbocycles. The van der Waals surface area contributed by atoms with E-state index in [1.165, 1.54) is 5.56 Å². The summed E-state index contributed by atoms with van der Waals surface area (Å²) in [6.45, 7) is 5.76. The second-order valence-electron chi connectivity index (χ2n) is 6.81. The molecule has 2 aromatic carbocycles. The summed E-state index contributed by atoms with van der Waals surface area (Å²) in [4.78, 5) is 18.1. The molecule has 4 nitrogen and oxygen atoms in total. The summed E-state index contributed by atoms with van der Waals surface area (Å²) in [5.74, 6) is 1.44. The Labute approximate surface area is 157 Å². The van der Waals surface area contributed by atoms with E-state index < -0.39 is 0 Å². The van der Waals surface area contributed by atoms with Gasteiger partial charge in [-0.25, -0.2) is 4.98 Å². The van der Waals surface area contributed by atoms with Gasteiger partial charge in [0.1, 0.15) is 0 Å². The lowest BCUT2D eigenvalue weighted by atomic mass is 10.1. The van der Waals surface area contributed by atoms with Gasteiger partial charge in [-0.3, -0.25) is 9.36 Å². The summed E-state index contributed by atoms with van der Waals surface area (Å²) in [5.41, 5.74) is 3.94. The van der Waals surface area contributed by atoms with Crippen molar-refractivity contribution >= 4 is 22.7 Å². The van der Waals surface area contributed by atoms with Crippen molar-refractivity contribution in [2.24, 2.45) is 5.92 Å². The predicted octanol–water partition coefficient (Wildman–Crippen LogP) is 4.13. The van der Waals surface area contributed by atoms with Crippen LogP contribution in [-0.4, -0.2) is 28.5 Å². The highest BCUT2D eigenvalue weighted by atomic mass is 32.2. The molecule has 0 aliphatic carbocycles. The molecule has 1 aromatic heterocycles. The van der Waals surface area contributed by atoms with Crippen LogP contribution in [0, 0.1) is 19.8 Å². The maximum atomic E-state index is 13.3. The average molecular weight is 366 g/mol. The van der Waals surface area contributed by atoms with Crippen LogP contribution in [-0.2, 0) is 4.74 Å². The first-order valence-electron chi connectivity index (χ1n) is 8.94. The van der Waals surface area contributed by atoms with E-state index in [9.17, 15) is 4.79 Å². The van der Waals surface area contributed by atoms with E-state index in [0.717, 1.165) is 47.3 Å². The van der Waals surface area contributed by atoms with Crippen molar-refractivity contribution in [3.05, 3.63) is 63.9 Å². The van der Waals surface area contributed by atoms with E-state index in [4.69, 9.17) is 9.72 Å². The molecule has 0 bridgehead atoms. The van der Waals surface area contributed by atoms with E-state index in [-0.39, 0.29) is 5.56 Å². The first-order valence-corrected chi connectivity index (χ1v) is 9.92. The summed E-state index contributed by atoms with van der Waals surface area (Å²) in [5, 5.41) is 1.41. The molecule has 5 heteroatoms. The summed E-state index contributed by atoms with van der Waals surface area (Å²) in [6.07, 6.45) is 1.08. The number of hydrogen-bond donors (Lipinski definition) is 0. The molecule has 134 valence electrons. The maximum Gasteiger partial charge on any atom is 0.266 e. The Morgan fingerprint density at radius 1 is 1.19 bits per heavy atom. The monoisotopic (exact) mass is 366 g/mol. The molecular formula is C21H22N2O2S. The third kappa shape index (κ3) is 3.17. The Morgan fingerprint density at radius 3 is 2.85 bits per heavy atom. The molecule has 4 rings (SSSR count). The zero-order valence-corrected chi connectivity index (χ0v) is 15.9. The van der Waals surface area contributed by atoms with Crippen LogP contribution < -0.4 is 5.56 Å². The zero-order chi connectivity index (χ0) is 18.1. The number of aromatic nitrogens is 2. The van der Waals surface area contributed by atoms with Crippen LogP contribution in [0.15, 0.2) is 52.4 Å². The number of hydrogen-bond acceptors (Lipinski definition) is 4. The lowest BCUT2D eigenvalue weighted by Crippen LogP contribution is -2.23. The number of ether oxygens (including phenoxy) is 1. The highest BCUT2D eigenvalue weighted by Gasteiger charge is 2.19. The third-order valence-electron chi connectivity index (χ3n) is 5.03. The Bertz CT molecular complexity index is 1010. The second-order valence-corrected chi connectivity index (χ2v) is 7.80. The van der Waals surface area contributed by atoms with Gasteiger partial charge in [-0.05, 0) is 55.5 Å². The fourth-order valence-corrected chi connectivity index (χ4v) is 4.43. The minimum Gasteiger partial charge on any atom is -0.381 e. The molecule has 1 saturated heterocycles. The van der Waals surface area contributed by atoms with Crippen LogP contribution in [0.25, 0.3) is 16.6 Å². The summed E-state index contributed by atoms with van der Waals surface area (Å²) < 4.78 is 7.27. The number of rotatable bonds is 4. The van der Waals surface area contributed by atoms with Gasteiger partial charge < -0.3 is 4.74 Å². The molecule has 3 aromatic rings. The largest absolute Gasteiger partial charge is 0.381 e. The summed E-state index contributed by atoms with van der Waals surface area (Å²) in [7, 11) is 0. The fourth-order valence-electron chi connectivity index (χ4n) is 3.31. The topological polar surface area (TPSA) is 44.1 Å². The van der Waals surface area contributed by atoms with Crippen molar-refractivity contribution < 1.29 is 4.74 Å². The van der Waals surface area contributed by atoms with Gasteiger partial charge in [0.25, 0.3) is 5.56 Å². The SMILES string of the molecule is Cc1cccc(-n2c(SC[C@@H]3CCOC3)nc3ccccc3c2=O)c1C. The van der Waals surface area contributed by atoms with Gasteiger partial charge in [-0.2, -0.15) is 0 Å². The molecule has 0 N–H and O–H groups in total. The summed E-state index contributed by atoms with van der Waals surface area (Å²) in [6, 6.07) is 13.7. The van der Waals surface area contributed by atoms with Crippen molar-refractivity contribution in [2.75, 3.05) is 19.0 Å². The fraction of sp³-hybridized carbons (Fsp3) is 0.333. The van der Waals surface area contributed by atoms with Crippen molar-refractivity contribution in [1.82, 2.24) is 9.55 Å². The van der Waals surface area contributed by atoms with Gasteiger partial charge in [0, 0.05) is 12.4 Å². The number of nitrogens with zero attached hydrogens (tertiary/aromatic N) is 2. The highest BCUT2D eigenvalue weighted by Crippen LogP contribution is 2.27. The molecule has 1 atom stereocenters. The van der Waals surface area contributed by atoms with Gasteiger partial charge in [0.05, 0.1) is 23.2 Å². The standard InChI is InChI=1S/C21H22N2O2S/c1-14-6-5-9-19(15(14)2)23-20(24)17-7-3-4-8-18(17)22-21(23)26-13-16-10-11-25-12-16/h3-9,16H,10-13H2,1-2H3/t16-/m1/s1.